The van der Waals surface area contributed by atoms with Gasteiger partial charge in [0, 0.05) is 21.6 Å². The zero-order chi connectivity index (χ0) is 14.0. The van der Waals surface area contributed by atoms with E-state index in [9.17, 15) is 10.1 Å². The summed E-state index contributed by atoms with van der Waals surface area (Å²) in [6.45, 7) is 0. The van der Waals surface area contributed by atoms with Crippen molar-refractivity contribution >= 4 is 50.3 Å². The van der Waals surface area contributed by atoms with E-state index in [-0.39, 0.29) is 5.69 Å². The number of nitro groups is 1. The quantitative estimate of drug-likeness (QED) is 0.494. The fourth-order valence-corrected chi connectivity index (χ4v) is 2.30. The van der Waals surface area contributed by atoms with Crippen LogP contribution in [0.1, 0.15) is 0 Å². The second kappa shape index (κ2) is 5.46. The second-order valence-electron chi connectivity index (χ2n) is 3.78. The first-order valence-corrected chi connectivity index (χ1v) is 6.40. The molecule has 0 heterocycles. The SMILES string of the molecule is Nc1cc([N+](=O)[O-])ccc1Nc1ccc(Cl)cc1Br. The lowest BCUT2D eigenvalue weighted by molar-refractivity contribution is -0.384. The first-order valence-electron chi connectivity index (χ1n) is 5.23. The average Bonchev–Trinajstić information content (AvgIpc) is 2.34. The number of non-ortho nitro benzene ring substituents is 1. The van der Waals surface area contributed by atoms with Crippen LogP contribution in [0.25, 0.3) is 0 Å². The van der Waals surface area contributed by atoms with Crippen LogP contribution in [0.5, 0.6) is 0 Å². The van der Waals surface area contributed by atoms with Crippen LogP contribution in [-0.2, 0) is 0 Å². The van der Waals surface area contributed by atoms with Gasteiger partial charge in [-0.1, -0.05) is 11.6 Å². The van der Waals surface area contributed by atoms with E-state index in [2.05, 4.69) is 21.2 Å². The van der Waals surface area contributed by atoms with E-state index >= 15 is 0 Å². The number of halogens is 2. The van der Waals surface area contributed by atoms with Crippen LogP contribution in [0.2, 0.25) is 5.02 Å². The van der Waals surface area contributed by atoms with Crippen molar-refractivity contribution < 1.29 is 4.92 Å². The summed E-state index contributed by atoms with van der Waals surface area (Å²) in [6, 6.07) is 9.53. The molecule has 2 aromatic rings. The summed E-state index contributed by atoms with van der Waals surface area (Å²) in [5.41, 5.74) is 7.40. The molecule has 0 saturated carbocycles. The normalized spacial score (nSPS) is 10.2. The third-order valence-corrected chi connectivity index (χ3v) is 3.34. The molecule has 0 bridgehead atoms. The van der Waals surface area contributed by atoms with Crippen molar-refractivity contribution in [1.82, 2.24) is 0 Å². The van der Waals surface area contributed by atoms with Gasteiger partial charge in [-0.05, 0) is 40.2 Å². The van der Waals surface area contributed by atoms with Crippen molar-refractivity contribution in [2.75, 3.05) is 11.1 Å². The lowest BCUT2D eigenvalue weighted by Gasteiger charge is -2.11. The Bertz CT molecular complexity index is 649. The molecule has 2 rings (SSSR count). The highest BCUT2D eigenvalue weighted by molar-refractivity contribution is 9.10. The minimum atomic E-state index is -0.488. The molecule has 0 aliphatic heterocycles. The molecule has 2 aromatic carbocycles. The third-order valence-electron chi connectivity index (χ3n) is 2.45. The first kappa shape index (κ1) is 13.6. The smallest absolute Gasteiger partial charge is 0.271 e. The van der Waals surface area contributed by atoms with Gasteiger partial charge in [-0.2, -0.15) is 0 Å². The van der Waals surface area contributed by atoms with Gasteiger partial charge in [0.25, 0.3) is 5.69 Å². The summed E-state index contributed by atoms with van der Waals surface area (Å²) in [7, 11) is 0. The first-order chi connectivity index (χ1) is 8.97. The van der Waals surface area contributed by atoms with Crippen molar-refractivity contribution in [3.05, 3.63) is 56.0 Å². The monoisotopic (exact) mass is 341 g/mol. The molecular weight excluding hydrogens is 334 g/mol. The minimum Gasteiger partial charge on any atom is -0.397 e. The van der Waals surface area contributed by atoms with E-state index in [0.29, 0.717) is 16.4 Å². The van der Waals surface area contributed by atoms with Crippen molar-refractivity contribution in [1.29, 1.82) is 0 Å². The molecule has 0 aliphatic rings. The fourth-order valence-electron chi connectivity index (χ4n) is 1.51. The van der Waals surface area contributed by atoms with Gasteiger partial charge in [0.15, 0.2) is 0 Å². The summed E-state index contributed by atoms with van der Waals surface area (Å²) in [5.74, 6) is 0. The molecule has 0 aliphatic carbocycles. The van der Waals surface area contributed by atoms with Crippen LogP contribution < -0.4 is 11.1 Å². The maximum absolute atomic E-state index is 10.6. The molecule has 0 aromatic heterocycles. The largest absolute Gasteiger partial charge is 0.397 e. The topological polar surface area (TPSA) is 81.2 Å². The van der Waals surface area contributed by atoms with Crippen LogP contribution in [0.15, 0.2) is 40.9 Å². The van der Waals surface area contributed by atoms with E-state index in [4.69, 9.17) is 17.3 Å². The number of nitrogen functional groups attached to an aromatic ring is 1. The summed E-state index contributed by atoms with van der Waals surface area (Å²) < 4.78 is 0.776. The molecule has 0 amide bonds. The third kappa shape index (κ3) is 3.15. The predicted octanol–water partition coefficient (Wildman–Crippen LogP) is 4.34. The maximum Gasteiger partial charge on any atom is 0.271 e. The lowest BCUT2D eigenvalue weighted by atomic mass is 10.2. The van der Waals surface area contributed by atoms with Gasteiger partial charge in [0.1, 0.15) is 0 Å². The number of nitrogens with one attached hydrogen (secondary N) is 1. The Morgan fingerprint density at radius 3 is 2.47 bits per heavy atom. The molecule has 0 saturated heterocycles. The highest BCUT2D eigenvalue weighted by Crippen LogP contribution is 2.32. The number of nitrogens with zero attached hydrogens (tertiary/aromatic N) is 1. The highest BCUT2D eigenvalue weighted by Gasteiger charge is 2.09. The van der Waals surface area contributed by atoms with Crippen LogP contribution >= 0.6 is 27.5 Å². The molecular formula is C12H9BrClN3O2. The molecule has 0 unspecified atom stereocenters. The van der Waals surface area contributed by atoms with Gasteiger partial charge in [0.05, 0.1) is 22.0 Å². The number of anilines is 3. The van der Waals surface area contributed by atoms with Crippen LogP contribution in [0.3, 0.4) is 0 Å². The van der Waals surface area contributed by atoms with Crippen LogP contribution in [-0.4, -0.2) is 4.92 Å². The average molecular weight is 343 g/mol. The number of rotatable bonds is 3. The number of hydrogen-bond donors (Lipinski definition) is 2. The van der Waals surface area contributed by atoms with Crippen molar-refractivity contribution in [3.63, 3.8) is 0 Å². The standard InChI is InChI=1S/C12H9BrClN3O2/c13-9-5-7(14)1-3-11(9)16-12-4-2-8(17(18)19)6-10(12)15/h1-6,16H,15H2. The Labute approximate surface area is 122 Å². The highest BCUT2D eigenvalue weighted by atomic mass is 79.9. The molecule has 98 valence electrons. The summed E-state index contributed by atoms with van der Waals surface area (Å²) in [4.78, 5) is 10.1. The Balaban J connectivity index is 2.31. The van der Waals surface area contributed by atoms with E-state index in [1.165, 1.54) is 12.1 Å². The second-order valence-corrected chi connectivity index (χ2v) is 5.07. The minimum absolute atomic E-state index is 0.0433. The summed E-state index contributed by atoms with van der Waals surface area (Å²) >= 11 is 9.22. The fraction of sp³-hybridized carbons (Fsp3) is 0. The van der Waals surface area contributed by atoms with Crippen molar-refractivity contribution in [3.8, 4) is 0 Å². The number of nitro benzene ring substituents is 1. The molecule has 0 spiro atoms. The van der Waals surface area contributed by atoms with Crippen LogP contribution in [0, 0.1) is 10.1 Å². The van der Waals surface area contributed by atoms with Crippen LogP contribution in [0.4, 0.5) is 22.7 Å². The van der Waals surface area contributed by atoms with Gasteiger partial charge < -0.3 is 11.1 Å². The maximum atomic E-state index is 10.6. The number of nitrogens with two attached hydrogens (primary N) is 1. The van der Waals surface area contributed by atoms with E-state index in [0.717, 1.165) is 10.2 Å². The van der Waals surface area contributed by atoms with Gasteiger partial charge in [-0.25, -0.2) is 0 Å². The van der Waals surface area contributed by atoms with Crippen molar-refractivity contribution in [2.24, 2.45) is 0 Å². The molecule has 0 fully saturated rings. The summed E-state index contributed by atoms with van der Waals surface area (Å²) in [5, 5.41) is 14.3. The van der Waals surface area contributed by atoms with E-state index in [1.807, 2.05) is 0 Å². The van der Waals surface area contributed by atoms with Crippen molar-refractivity contribution in [2.45, 2.75) is 0 Å². The van der Waals surface area contributed by atoms with Gasteiger partial charge in [-0.3, -0.25) is 10.1 Å². The molecule has 0 atom stereocenters. The van der Waals surface area contributed by atoms with Gasteiger partial charge in [0.2, 0.25) is 0 Å². The Morgan fingerprint density at radius 2 is 1.89 bits per heavy atom. The lowest BCUT2D eigenvalue weighted by Crippen LogP contribution is -1.98. The molecule has 7 heteroatoms. The molecule has 3 N–H and O–H groups in total. The van der Waals surface area contributed by atoms with E-state index < -0.39 is 4.92 Å². The van der Waals surface area contributed by atoms with Gasteiger partial charge in [-0.15, -0.1) is 0 Å². The molecule has 5 nitrogen and oxygen atoms in total. The Hall–Kier alpha value is -1.79. The molecule has 19 heavy (non-hydrogen) atoms. The molecule has 0 radical (unpaired) electrons. The summed E-state index contributed by atoms with van der Waals surface area (Å²) in [6.07, 6.45) is 0. The van der Waals surface area contributed by atoms with Gasteiger partial charge >= 0.3 is 0 Å². The number of hydrogen-bond acceptors (Lipinski definition) is 4. The zero-order valence-corrected chi connectivity index (χ0v) is 11.9. The van der Waals surface area contributed by atoms with E-state index in [1.54, 1.807) is 24.3 Å². The zero-order valence-electron chi connectivity index (χ0n) is 9.56. The predicted molar refractivity (Wildman–Crippen MR) is 79.9 cm³/mol. The Morgan fingerprint density at radius 1 is 1.21 bits per heavy atom. The Kier molecular flexibility index (Phi) is 3.92. The number of benzene rings is 2.